The minimum Gasteiger partial charge on any atom is -0.456 e. The van der Waals surface area contributed by atoms with Gasteiger partial charge in [0.15, 0.2) is 0 Å². The average molecular weight is 1860 g/mol. The van der Waals surface area contributed by atoms with Gasteiger partial charge in [-0.2, -0.15) is 0 Å². The molecule has 592 valence electrons. The normalized spacial score (nSPS) is 11.7. The predicted octanol–water partition coefficient (Wildman–Crippen LogP) is 31.4. The van der Waals surface area contributed by atoms with E-state index in [1.54, 1.807) is 53.2 Å². The lowest BCUT2D eigenvalue weighted by Gasteiger charge is -2.25. The maximum Gasteiger partial charge on any atom is 0.489 e. The van der Waals surface area contributed by atoms with Crippen molar-refractivity contribution in [2.45, 2.75) is 9.79 Å². The summed E-state index contributed by atoms with van der Waals surface area (Å²) in [6.45, 7) is 0. The van der Waals surface area contributed by atoms with E-state index in [1.807, 2.05) is 170 Å². The number of para-hydroxylation sites is 4. The molecule has 0 fully saturated rings. The van der Waals surface area contributed by atoms with E-state index in [4.69, 9.17) is 65.3 Å². The Morgan fingerprint density at radius 2 is 0.744 bits per heavy atom. The van der Waals surface area contributed by atoms with Crippen LogP contribution in [0.15, 0.2) is 392 Å². The van der Waals surface area contributed by atoms with Gasteiger partial charge in [-0.05, 0) is 190 Å². The fourth-order valence-electron chi connectivity index (χ4n) is 15.3. The number of hydrogen-bond donors (Lipinski definition) is 3. The van der Waals surface area contributed by atoms with E-state index in [-0.39, 0.29) is 0 Å². The van der Waals surface area contributed by atoms with Gasteiger partial charge in [-0.3, -0.25) is 8.42 Å². The van der Waals surface area contributed by atoms with Gasteiger partial charge in [0, 0.05) is 174 Å². The summed E-state index contributed by atoms with van der Waals surface area (Å²) in [4.78, 5) is 3.63. The smallest absolute Gasteiger partial charge is 0.456 e. The summed E-state index contributed by atoms with van der Waals surface area (Å²) in [5.74, 6) is 0. The molecule has 3 N–H and O–H groups in total. The summed E-state index contributed by atoms with van der Waals surface area (Å²) in [6.07, 6.45) is 3.21. The Morgan fingerprint density at radius 3 is 1.31 bits per heavy atom. The van der Waals surface area contributed by atoms with Crippen LogP contribution in [0, 0.1) is 0 Å². The van der Waals surface area contributed by atoms with E-state index in [2.05, 4.69) is 212 Å². The molecule has 2 unspecified atom stereocenters. The van der Waals surface area contributed by atoms with Crippen LogP contribution in [0.4, 0.5) is 28.4 Å². The third-order valence-electron chi connectivity index (χ3n) is 20.8. The Labute approximate surface area is 747 Å². The zero-order chi connectivity index (χ0) is 83.4. The molecule has 0 saturated heterocycles. The molecule has 4 aromatic heterocycles. The van der Waals surface area contributed by atoms with Gasteiger partial charge in [-0.1, -0.05) is 291 Å². The summed E-state index contributed by atoms with van der Waals surface area (Å²) in [7, 11) is -3.75. The van der Waals surface area contributed by atoms with Gasteiger partial charge in [0.25, 0.3) is 0 Å². The second-order valence-corrected chi connectivity index (χ2v) is 36.6. The first-order valence-electron chi connectivity index (χ1n) is 38.4. The van der Waals surface area contributed by atoms with Crippen LogP contribution in [-0.2, 0) is 21.6 Å². The molecule has 0 spiro atoms. The van der Waals surface area contributed by atoms with Gasteiger partial charge in [0.2, 0.25) is 0 Å². The number of hydrogen-bond acceptors (Lipinski definition) is 10. The Kier molecular flexibility index (Phi) is 25.0. The van der Waals surface area contributed by atoms with Gasteiger partial charge in [-0.15, -0.1) is 22.7 Å². The third-order valence-corrected chi connectivity index (χ3v) is 27.5. The van der Waals surface area contributed by atoms with E-state index in [9.17, 15) is 8.42 Å². The monoisotopic (exact) mass is 1850 g/mol. The van der Waals surface area contributed by atoms with Crippen LogP contribution in [0.5, 0.6) is 0 Å². The molecule has 18 aromatic carbocycles. The minimum atomic E-state index is -1.55. The van der Waals surface area contributed by atoms with Gasteiger partial charge in [0.1, 0.15) is 22.3 Å². The molecule has 0 aliphatic carbocycles. The van der Waals surface area contributed by atoms with Gasteiger partial charge in [-0.25, -0.2) is 0 Å². The molecular formula is C102H69BBr2Cl4N2O6S4. The van der Waals surface area contributed by atoms with E-state index in [1.165, 1.54) is 57.4 Å². The van der Waals surface area contributed by atoms with Crippen molar-refractivity contribution in [1.82, 2.24) is 0 Å². The van der Waals surface area contributed by atoms with E-state index in [0.717, 1.165) is 150 Å². The van der Waals surface area contributed by atoms with Crippen molar-refractivity contribution in [3.05, 3.63) is 393 Å². The van der Waals surface area contributed by atoms with Crippen LogP contribution in [0.1, 0.15) is 0 Å². The van der Waals surface area contributed by atoms with Crippen LogP contribution in [0.25, 0.3) is 138 Å². The summed E-state index contributed by atoms with van der Waals surface area (Å²) in [5, 5.41) is 42.9. The summed E-state index contributed by atoms with van der Waals surface area (Å²) in [6, 6.07) is 122. The quantitative estimate of drug-likeness (QED) is 0.122. The van der Waals surface area contributed by atoms with Gasteiger partial charge >= 0.3 is 7.12 Å². The fourth-order valence-corrected chi connectivity index (χ4v) is 21.1. The Hall–Kier alpha value is -11.0. The van der Waals surface area contributed by atoms with Crippen LogP contribution >= 0.6 is 101 Å². The molecule has 0 amide bonds. The zero-order valence-electron chi connectivity index (χ0n) is 64.6. The summed E-state index contributed by atoms with van der Waals surface area (Å²) in [5.41, 5.74) is 11.5. The number of nitrogens with one attached hydrogen (secondary N) is 1. The largest absolute Gasteiger partial charge is 0.489 e. The van der Waals surface area contributed by atoms with Crippen molar-refractivity contribution in [2.75, 3.05) is 22.7 Å². The number of furan rings is 2. The molecule has 4 heterocycles. The number of benzene rings is 18. The molecule has 22 rings (SSSR count). The first-order chi connectivity index (χ1) is 59.0. The molecule has 0 aliphatic rings. The second kappa shape index (κ2) is 36.8. The van der Waals surface area contributed by atoms with Gasteiger partial charge in [0.05, 0.1) is 10.8 Å². The second-order valence-electron chi connectivity index (χ2n) is 28.4. The molecule has 0 saturated carbocycles. The van der Waals surface area contributed by atoms with Crippen molar-refractivity contribution in [3.63, 3.8) is 0 Å². The number of anilines is 5. The molecule has 0 aliphatic heterocycles. The Balaban J connectivity index is 0.000000109. The Bertz CT molecular complexity index is 7660. The third kappa shape index (κ3) is 17.5. The summed E-state index contributed by atoms with van der Waals surface area (Å²) < 4.78 is 42.1. The maximum absolute atomic E-state index is 11.9. The molecule has 0 radical (unpaired) electrons. The van der Waals surface area contributed by atoms with Crippen LogP contribution in [0.3, 0.4) is 0 Å². The SMILES string of the molecule is CS(=O)c1ccccc1-c1ccc(Cl)c2ccccc12.CS(=O)c1ccccc1B(O)O.Clc1cc2sc3ccc(Br)cc3c2c2ccccc12.Clc1cc2sc3ccc(N(c4ccccc4)c4ccc5oc6ccccc6c5c4)cc3c2c2ccccc12.Clc1ccc(Br)c2ccccc12.c1ccc(Nc2ccc3oc4ccccc4c3c2)cc1. The minimum absolute atomic E-state index is 0.304. The molecule has 121 heavy (non-hydrogen) atoms. The topological polar surface area (TPSA) is 116 Å². The highest BCUT2D eigenvalue weighted by atomic mass is 79.9. The van der Waals surface area contributed by atoms with E-state index in [0.29, 0.717) is 10.4 Å². The van der Waals surface area contributed by atoms with Crippen molar-refractivity contribution < 1.29 is 27.3 Å². The van der Waals surface area contributed by atoms with Crippen molar-refractivity contribution in [3.8, 4) is 11.1 Å². The average Bonchev–Trinajstić information content (AvgIpc) is 1.60. The van der Waals surface area contributed by atoms with E-state index >= 15 is 0 Å². The molecule has 0 bridgehead atoms. The fraction of sp³-hybridized carbons (Fsp3) is 0.0196. The number of nitrogens with zero attached hydrogens (tertiary/aromatic N) is 1. The van der Waals surface area contributed by atoms with Crippen molar-refractivity contribution in [1.29, 1.82) is 0 Å². The zero-order valence-corrected chi connectivity index (χ0v) is 74.1. The summed E-state index contributed by atoms with van der Waals surface area (Å²) >= 11 is 36.0. The molecule has 19 heteroatoms. The van der Waals surface area contributed by atoms with Crippen LogP contribution in [-0.4, -0.2) is 38.1 Å². The lowest BCUT2D eigenvalue weighted by Crippen LogP contribution is -2.32. The van der Waals surface area contributed by atoms with Crippen LogP contribution < -0.4 is 15.7 Å². The number of thiophene rings is 2. The van der Waals surface area contributed by atoms with Crippen LogP contribution in [0.2, 0.25) is 20.1 Å². The predicted molar refractivity (Wildman–Crippen MR) is 529 cm³/mol. The first-order valence-corrected chi connectivity index (χ1v) is 46.3. The number of fused-ring (bicyclic) bond motifs is 18. The highest BCUT2D eigenvalue weighted by molar-refractivity contribution is 9.11. The highest BCUT2D eigenvalue weighted by Crippen LogP contribution is 2.47. The number of rotatable bonds is 9. The first kappa shape index (κ1) is 82.4. The van der Waals surface area contributed by atoms with E-state index < -0.39 is 28.7 Å². The number of halogens is 6. The maximum atomic E-state index is 11.9. The van der Waals surface area contributed by atoms with Gasteiger partial charge < -0.3 is 29.1 Å². The van der Waals surface area contributed by atoms with Crippen molar-refractivity contribution >= 4 is 291 Å². The molecule has 2 atom stereocenters. The Morgan fingerprint density at radius 1 is 0.322 bits per heavy atom. The highest BCUT2D eigenvalue weighted by Gasteiger charge is 2.21. The standard InChI is InChI=1S/C34H20ClNOS.C18H13NO.C17H13ClOS.C16H8BrClS.C10H6BrCl.C7H9BO3S/c35-29-20-33-34(26-12-5-4-10-24(26)29)28-19-23(15-17-32(28)38-33)36(21-8-2-1-3-9-21)22-14-16-31-27(18-22)25-11-6-7-13-30(25)37-31;1-2-6-13(7-3-1)19-14-10-11-18-16(12-14)15-8-4-5-9-17(15)20-18;1-20(19)17-9-5-4-8-15(17)13-10-11-16(18)14-7-3-2-6-12(13)14;17-9-5-6-14-12(7-9)16-11-4-2-1-3-10(11)13(18)8-15(16)19-14;11-9-5-6-10(12)8-4-2-1-3-7(8)9;1-12(11)7-5-3-2-4-6(7)8(9)10/h1-20H;1-12,19H;2-11H,1H3;1-8H;1-6H;2-5,9-10H,1H3. The molecule has 22 aromatic rings. The lowest BCUT2D eigenvalue weighted by molar-refractivity contribution is 0.424. The molecular weight excluding hydrogens is 1790 g/mol. The lowest BCUT2D eigenvalue weighted by atomic mass is 9.80. The molecule has 8 nitrogen and oxygen atoms in total. The van der Waals surface area contributed by atoms with Crippen molar-refractivity contribution in [2.24, 2.45) is 0 Å².